The summed E-state index contributed by atoms with van der Waals surface area (Å²) in [5, 5.41) is 4.40. The molecular weight excluding hydrogens is 381 g/mol. The summed E-state index contributed by atoms with van der Waals surface area (Å²) < 4.78 is 1.40. The van der Waals surface area contributed by atoms with Crippen LogP contribution in [-0.2, 0) is 13.5 Å². The number of pyridine rings is 1. The van der Waals surface area contributed by atoms with Crippen LogP contribution in [0.3, 0.4) is 0 Å². The first kappa shape index (κ1) is 17.7. The van der Waals surface area contributed by atoms with Crippen LogP contribution in [0.2, 0.25) is 10.0 Å². The number of anilines is 1. The minimum atomic E-state index is -0.376. The van der Waals surface area contributed by atoms with E-state index in [0.29, 0.717) is 21.6 Å². The van der Waals surface area contributed by atoms with Crippen LogP contribution in [0.25, 0.3) is 0 Å². The predicted octanol–water partition coefficient (Wildman–Crippen LogP) is 3.99. The van der Waals surface area contributed by atoms with Gasteiger partial charge in [-0.25, -0.2) is 4.98 Å². The molecule has 3 rings (SSSR count). The van der Waals surface area contributed by atoms with Crippen LogP contribution in [0.15, 0.2) is 47.5 Å². The maximum Gasteiger partial charge on any atom is 0.257 e. The number of nitrogens with zero attached hydrogens (tertiary/aromatic N) is 2. The molecule has 0 unspecified atom stereocenters. The third-order valence-corrected chi connectivity index (χ3v) is 5.03. The topological polar surface area (TPSA) is 64.0 Å². The van der Waals surface area contributed by atoms with Gasteiger partial charge in [0.15, 0.2) is 5.13 Å². The van der Waals surface area contributed by atoms with Gasteiger partial charge in [0.1, 0.15) is 0 Å². The number of rotatable bonds is 4. The number of nitrogens with one attached hydrogen (secondary N) is 1. The van der Waals surface area contributed by atoms with Gasteiger partial charge in [-0.15, -0.1) is 11.3 Å². The van der Waals surface area contributed by atoms with Crippen molar-refractivity contribution in [1.29, 1.82) is 0 Å². The van der Waals surface area contributed by atoms with Gasteiger partial charge in [-0.1, -0.05) is 23.2 Å². The van der Waals surface area contributed by atoms with Crippen LogP contribution in [-0.4, -0.2) is 15.5 Å². The van der Waals surface area contributed by atoms with E-state index in [0.717, 1.165) is 10.4 Å². The number of aryl methyl sites for hydroxylation is 1. The number of aromatic nitrogens is 2. The molecular formula is C17H13Cl2N3O2S. The molecule has 2 heterocycles. The van der Waals surface area contributed by atoms with Crippen molar-refractivity contribution < 1.29 is 4.79 Å². The number of thiazole rings is 1. The fourth-order valence-corrected chi connectivity index (χ4v) is 3.38. The summed E-state index contributed by atoms with van der Waals surface area (Å²) in [4.78, 5) is 29.0. The lowest BCUT2D eigenvalue weighted by Crippen LogP contribution is -2.19. The average Bonchev–Trinajstić information content (AvgIpc) is 3.00. The lowest BCUT2D eigenvalue weighted by molar-refractivity contribution is 0.102. The molecule has 0 spiro atoms. The molecule has 1 aromatic carbocycles. The summed E-state index contributed by atoms with van der Waals surface area (Å²) in [6.45, 7) is 0. The SMILES string of the molecule is Cn1ccc(C(=O)Nc2ncc(Cc3cc(Cl)ccc3Cl)s2)cc1=O. The zero-order valence-corrected chi connectivity index (χ0v) is 15.5. The fourth-order valence-electron chi connectivity index (χ4n) is 2.17. The zero-order chi connectivity index (χ0) is 18.0. The van der Waals surface area contributed by atoms with Gasteiger partial charge in [-0.2, -0.15) is 0 Å². The van der Waals surface area contributed by atoms with Crippen molar-refractivity contribution in [1.82, 2.24) is 9.55 Å². The predicted molar refractivity (Wildman–Crippen MR) is 101 cm³/mol. The Hall–Kier alpha value is -2.15. The molecule has 128 valence electrons. The second-order valence-electron chi connectivity index (χ2n) is 5.36. The molecule has 0 atom stereocenters. The number of carbonyl (C=O) groups excluding carboxylic acids is 1. The molecule has 5 nitrogen and oxygen atoms in total. The number of benzene rings is 1. The average molecular weight is 394 g/mol. The third-order valence-electron chi connectivity index (χ3n) is 3.51. The molecule has 2 aromatic heterocycles. The number of halogens is 2. The van der Waals surface area contributed by atoms with Gasteiger partial charge in [0.2, 0.25) is 0 Å². The Balaban J connectivity index is 1.73. The summed E-state index contributed by atoms with van der Waals surface area (Å²) in [5.41, 5.74) is 0.933. The van der Waals surface area contributed by atoms with Gasteiger partial charge < -0.3 is 4.57 Å². The summed E-state index contributed by atoms with van der Waals surface area (Å²) >= 11 is 13.5. The van der Waals surface area contributed by atoms with Crippen molar-refractivity contribution in [3.05, 3.63) is 79.1 Å². The van der Waals surface area contributed by atoms with Gasteiger partial charge in [-0.3, -0.25) is 14.9 Å². The molecule has 0 bridgehead atoms. The van der Waals surface area contributed by atoms with E-state index in [4.69, 9.17) is 23.2 Å². The number of carbonyl (C=O) groups is 1. The number of amides is 1. The maximum absolute atomic E-state index is 12.2. The maximum atomic E-state index is 12.2. The molecule has 0 fully saturated rings. The minimum absolute atomic E-state index is 0.247. The molecule has 0 aliphatic carbocycles. The Kier molecular flexibility index (Phi) is 5.22. The van der Waals surface area contributed by atoms with Crippen LogP contribution >= 0.6 is 34.5 Å². The minimum Gasteiger partial charge on any atom is -0.319 e. The molecule has 0 aliphatic heterocycles. The molecule has 0 saturated heterocycles. The quantitative estimate of drug-likeness (QED) is 0.728. The van der Waals surface area contributed by atoms with E-state index >= 15 is 0 Å². The van der Waals surface area contributed by atoms with E-state index in [-0.39, 0.29) is 17.0 Å². The highest BCUT2D eigenvalue weighted by atomic mass is 35.5. The lowest BCUT2D eigenvalue weighted by Gasteiger charge is -2.03. The highest BCUT2D eigenvalue weighted by Crippen LogP contribution is 2.27. The first-order valence-electron chi connectivity index (χ1n) is 7.29. The first-order chi connectivity index (χ1) is 11.9. The lowest BCUT2D eigenvalue weighted by atomic mass is 10.1. The van der Waals surface area contributed by atoms with Crippen molar-refractivity contribution in [2.24, 2.45) is 7.05 Å². The Morgan fingerprint density at radius 3 is 2.84 bits per heavy atom. The van der Waals surface area contributed by atoms with E-state index in [1.807, 2.05) is 6.07 Å². The highest BCUT2D eigenvalue weighted by molar-refractivity contribution is 7.15. The van der Waals surface area contributed by atoms with E-state index in [2.05, 4.69) is 10.3 Å². The van der Waals surface area contributed by atoms with Crippen molar-refractivity contribution >= 4 is 45.6 Å². The second-order valence-corrected chi connectivity index (χ2v) is 7.32. The molecule has 1 amide bonds. The standard InChI is InChI=1S/C17H13Cl2N3O2S/c1-22-5-4-10(8-15(22)23)16(24)21-17-20-9-13(25-17)7-11-6-12(18)2-3-14(11)19/h2-6,8-9H,7H2,1H3,(H,20,21,24). The van der Waals surface area contributed by atoms with E-state index in [1.165, 1.54) is 22.0 Å². The van der Waals surface area contributed by atoms with Crippen LogP contribution in [0.5, 0.6) is 0 Å². The van der Waals surface area contributed by atoms with E-state index in [1.54, 1.807) is 37.6 Å². The second kappa shape index (κ2) is 7.39. The van der Waals surface area contributed by atoms with Gasteiger partial charge in [0.05, 0.1) is 0 Å². The first-order valence-corrected chi connectivity index (χ1v) is 8.86. The number of hydrogen-bond acceptors (Lipinski definition) is 4. The Morgan fingerprint density at radius 1 is 1.28 bits per heavy atom. The largest absolute Gasteiger partial charge is 0.319 e. The molecule has 8 heteroatoms. The van der Waals surface area contributed by atoms with Gasteiger partial charge >= 0.3 is 0 Å². The molecule has 3 aromatic rings. The van der Waals surface area contributed by atoms with Crippen molar-refractivity contribution in [3.63, 3.8) is 0 Å². The molecule has 0 radical (unpaired) electrons. The van der Waals surface area contributed by atoms with Crippen LogP contribution in [0, 0.1) is 0 Å². The Morgan fingerprint density at radius 2 is 2.08 bits per heavy atom. The monoisotopic (exact) mass is 393 g/mol. The van der Waals surface area contributed by atoms with Gasteiger partial charge in [-0.05, 0) is 29.8 Å². The number of hydrogen-bond donors (Lipinski definition) is 1. The molecule has 1 N–H and O–H groups in total. The highest BCUT2D eigenvalue weighted by Gasteiger charge is 2.11. The summed E-state index contributed by atoms with van der Waals surface area (Å²) in [5.74, 6) is -0.376. The van der Waals surface area contributed by atoms with Crippen LogP contribution in [0.1, 0.15) is 20.8 Å². The third kappa shape index (κ3) is 4.28. The van der Waals surface area contributed by atoms with Gasteiger partial charge in [0, 0.05) is 52.4 Å². The van der Waals surface area contributed by atoms with Gasteiger partial charge in [0.25, 0.3) is 11.5 Å². The van der Waals surface area contributed by atoms with Crippen molar-refractivity contribution in [3.8, 4) is 0 Å². The van der Waals surface area contributed by atoms with Crippen molar-refractivity contribution in [2.75, 3.05) is 5.32 Å². The molecule has 0 aliphatic rings. The van der Waals surface area contributed by atoms with Crippen molar-refractivity contribution in [2.45, 2.75) is 6.42 Å². The fraction of sp³-hybridized carbons (Fsp3) is 0.118. The summed E-state index contributed by atoms with van der Waals surface area (Å²) in [6.07, 6.45) is 3.80. The molecule has 0 saturated carbocycles. The van der Waals surface area contributed by atoms with Crippen LogP contribution < -0.4 is 10.9 Å². The normalized spacial score (nSPS) is 10.7. The van der Waals surface area contributed by atoms with Crippen LogP contribution in [0.4, 0.5) is 5.13 Å². The molecule has 25 heavy (non-hydrogen) atoms. The Bertz CT molecular complexity index is 998. The summed E-state index contributed by atoms with van der Waals surface area (Å²) in [6, 6.07) is 8.16. The van der Waals surface area contributed by atoms with E-state index in [9.17, 15) is 9.59 Å². The zero-order valence-electron chi connectivity index (χ0n) is 13.1. The summed E-state index contributed by atoms with van der Waals surface area (Å²) in [7, 11) is 1.62. The smallest absolute Gasteiger partial charge is 0.257 e. The Labute approximate surface area is 157 Å². The van der Waals surface area contributed by atoms with E-state index < -0.39 is 0 Å².